The molecule has 2 aromatic heterocycles. The lowest BCUT2D eigenvalue weighted by Gasteiger charge is -2.10. The number of pyridine rings is 1. The molecule has 0 aliphatic rings. The molecule has 0 bridgehead atoms. The zero-order valence-electron chi connectivity index (χ0n) is 17.4. The fourth-order valence-corrected chi connectivity index (χ4v) is 2.75. The normalized spacial score (nSPS) is 10.9. The molecule has 1 N–H and O–H groups in total. The molecule has 3 rings (SSSR count). The number of nitrogens with one attached hydrogen (secondary N) is 1. The van der Waals surface area contributed by atoms with E-state index in [2.05, 4.69) is 46.4 Å². The smallest absolute Gasteiger partial charge is 0.237 e. The summed E-state index contributed by atoms with van der Waals surface area (Å²) in [4.78, 5) is 20.9. The molecule has 0 aliphatic carbocycles. The first-order chi connectivity index (χ1) is 14.6. The lowest BCUT2D eigenvalue weighted by Crippen LogP contribution is -2.14. The Kier molecular flexibility index (Phi) is 7.51. The van der Waals surface area contributed by atoms with E-state index < -0.39 is 0 Å². The minimum atomic E-state index is -0.194. The Labute approximate surface area is 175 Å². The summed E-state index contributed by atoms with van der Waals surface area (Å²) < 4.78 is 15.8. The second-order valence-corrected chi connectivity index (χ2v) is 7.03. The Bertz CT molecular complexity index is 954. The number of amides is 1. The maximum atomic E-state index is 12.3. The van der Waals surface area contributed by atoms with Gasteiger partial charge in [0.15, 0.2) is 0 Å². The first kappa shape index (κ1) is 21.4. The summed E-state index contributed by atoms with van der Waals surface area (Å²) in [7, 11) is 1.59. The molecule has 0 fully saturated rings. The zero-order chi connectivity index (χ0) is 21.3. The molecule has 30 heavy (non-hydrogen) atoms. The standard InChI is InChI=1S/C22H26N4O4/c1-15(2)16-6-8-17(9-7-16)21-25-20(30-26-21)11-10-19(27)24-18-5-4-12-23-22(18)29-14-13-28-3/h4-9,12,15H,10-11,13-14H2,1-3H3,(H,24,27). The largest absolute Gasteiger partial charge is 0.474 e. The van der Waals surface area contributed by atoms with Crippen LogP contribution in [0.15, 0.2) is 47.1 Å². The summed E-state index contributed by atoms with van der Waals surface area (Å²) in [5.74, 6) is 1.55. The first-order valence-electron chi connectivity index (χ1n) is 9.86. The molecule has 0 atom stereocenters. The zero-order valence-corrected chi connectivity index (χ0v) is 17.4. The Hall–Kier alpha value is -3.26. The third-order valence-electron chi connectivity index (χ3n) is 4.44. The highest BCUT2D eigenvalue weighted by Gasteiger charge is 2.13. The molecular formula is C22H26N4O4. The van der Waals surface area contributed by atoms with Crippen LogP contribution in [0.3, 0.4) is 0 Å². The minimum Gasteiger partial charge on any atom is -0.474 e. The highest BCUT2D eigenvalue weighted by atomic mass is 16.5. The fourth-order valence-electron chi connectivity index (χ4n) is 2.75. The van der Waals surface area contributed by atoms with Gasteiger partial charge in [0.25, 0.3) is 0 Å². The molecule has 2 heterocycles. The van der Waals surface area contributed by atoms with Crippen LogP contribution in [-0.2, 0) is 16.0 Å². The third-order valence-corrected chi connectivity index (χ3v) is 4.44. The number of carbonyl (C=O) groups excluding carboxylic acids is 1. The van der Waals surface area contributed by atoms with Crippen LogP contribution in [-0.4, -0.2) is 41.4 Å². The van der Waals surface area contributed by atoms with Gasteiger partial charge in [-0.25, -0.2) is 4.98 Å². The number of anilines is 1. The lowest BCUT2D eigenvalue weighted by molar-refractivity contribution is -0.116. The molecule has 8 heteroatoms. The lowest BCUT2D eigenvalue weighted by atomic mass is 10.0. The molecule has 0 unspecified atom stereocenters. The van der Waals surface area contributed by atoms with E-state index in [1.54, 1.807) is 25.4 Å². The molecule has 158 valence electrons. The van der Waals surface area contributed by atoms with Crippen molar-refractivity contribution in [3.63, 3.8) is 0 Å². The van der Waals surface area contributed by atoms with Crippen LogP contribution in [0.5, 0.6) is 5.88 Å². The van der Waals surface area contributed by atoms with Crippen molar-refractivity contribution < 1.29 is 18.8 Å². The van der Waals surface area contributed by atoms with Crippen LogP contribution in [0.25, 0.3) is 11.4 Å². The maximum Gasteiger partial charge on any atom is 0.237 e. The number of hydrogen-bond acceptors (Lipinski definition) is 7. The van der Waals surface area contributed by atoms with Gasteiger partial charge < -0.3 is 19.3 Å². The molecule has 3 aromatic rings. The van der Waals surface area contributed by atoms with Crippen molar-refractivity contribution in [2.45, 2.75) is 32.6 Å². The minimum absolute atomic E-state index is 0.194. The topological polar surface area (TPSA) is 99.4 Å². The van der Waals surface area contributed by atoms with E-state index in [9.17, 15) is 4.79 Å². The van der Waals surface area contributed by atoms with Crippen molar-refractivity contribution in [2.24, 2.45) is 0 Å². The van der Waals surface area contributed by atoms with Crippen LogP contribution in [0.4, 0.5) is 5.69 Å². The summed E-state index contributed by atoms with van der Waals surface area (Å²) >= 11 is 0. The number of aryl methyl sites for hydroxylation is 1. The van der Waals surface area contributed by atoms with Gasteiger partial charge in [-0.05, 0) is 23.6 Å². The molecule has 0 saturated carbocycles. The maximum absolute atomic E-state index is 12.3. The van der Waals surface area contributed by atoms with Crippen molar-refractivity contribution in [1.29, 1.82) is 0 Å². The Morgan fingerprint density at radius 2 is 1.97 bits per heavy atom. The van der Waals surface area contributed by atoms with Gasteiger partial charge in [-0.3, -0.25) is 4.79 Å². The van der Waals surface area contributed by atoms with Crippen LogP contribution in [0.1, 0.15) is 37.6 Å². The highest BCUT2D eigenvalue weighted by Crippen LogP contribution is 2.22. The van der Waals surface area contributed by atoms with Crippen molar-refractivity contribution in [3.05, 3.63) is 54.0 Å². The van der Waals surface area contributed by atoms with E-state index in [-0.39, 0.29) is 12.3 Å². The summed E-state index contributed by atoms with van der Waals surface area (Å²) in [6.07, 6.45) is 2.13. The second kappa shape index (κ2) is 10.5. The van der Waals surface area contributed by atoms with Gasteiger partial charge >= 0.3 is 0 Å². The summed E-state index contributed by atoms with van der Waals surface area (Å²) in [6, 6.07) is 11.5. The number of aromatic nitrogens is 3. The van der Waals surface area contributed by atoms with E-state index >= 15 is 0 Å². The molecule has 1 amide bonds. The summed E-state index contributed by atoms with van der Waals surface area (Å²) in [5.41, 5.74) is 2.64. The summed E-state index contributed by atoms with van der Waals surface area (Å²) in [6.45, 7) is 5.07. The third kappa shape index (κ3) is 5.87. The molecule has 0 spiro atoms. The average molecular weight is 410 g/mol. The van der Waals surface area contributed by atoms with Crippen molar-refractivity contribution in [3.8, 4) is 17.3 Å². The highest BCUT2D eigenvalue weighted by molar-refractivity contribution is 5.91. The van der Waals surface area contributed by atoms with Crippen molar-refractivity contribution in [1.82, 2.24) is 15.1 Å². The SMILES string of the molecule is COCCOc1ncccc1NC(=O)CCc1nc(-c2ccc(C(C)C)cc2)no1. The van der Waals surface area contributed by atoms with Crippen molar-refractivity contribution in [2.75, 3.05) is 25.6 Å². The van der Waals surface area contributed by atoms with Crippen LogP contribution in [0, 0.1) is 0 Å². The van der Waals surface area contributed by atoms with Gasteiger partial charge in [0.1, 0.15) is 12.3 Å². The van der Waals surface area contributed by atoms with Crippen molar-refractivity contribution >= 4 is 11.6 Å². The second-order valence-electron chi connectivity index (χ2n) is 7.03. The number of carbonyl (C=O) groups is 1. The number of ether oxygens (including phenoxy) is 2. The molecular weight excluding hydrogens is 384 g/mol. The molecule has 0 radical (unpaired) electrons. The van der Waals surface area contributed by atoms with Crippen LogP contribution >= 0.6 is 0 Å². The van der Waals surface area contributed by atoms with Gasteiger partial charge in [0.05, 0.1) is 6.61 Å². The van der Waals surface area contributed by atoms with E-state index in [1.165, 1.54) is 5.56 Å². The summed E-state index contributed by atoms with van der Waals surface area (Å²) in [5, 5.41) is 6.82. The van der Waals surface area contributed by atoms with Gasteiger partial charge in [0, 0.05) is 31.7 Å². The molecule has 0 saturated heterocycles. The van der Waals surface area contributed by atoms with E-state index in [4.69, 9.17) is 14.0 Å². The predicted molar refractivity (Wildman–Crippen MR) is 112 cm³/mol. The number of hydrogen-bond donors (Lipinski definition) is 1. The monoisotopic (exact) mass is 410 g/mol. The van der Waals surface area contributed by atoms with Gasteiger partial charge in [-0.15, -0.1) is 0 Å². The number of methoxy groups -OCH3 is 1. The van der Waals surface area contributed by atoms with E-state index in [0.29, 0.717) is 48.8 Å². The van der Waals surface area contributed by atoms with Gasteiger partial charge in [-0.2, -0.15) is 4.98 Å². The van der Waals surface area contributed by atoms with Crippen LogP contribution < -0.4 is 10.1 Å². The average Bonchev–Trinajstić information content (AvgIpc) is 3.23. The molecule has 0 aliphatic heterocycles. The fraction of sp³-hybridized carbons (Fsp3) is 0.364. The Morgan fingerprint density at radius 1 is 1.17 bits per heavy atom. The van der Waals surface area contributed by atoms with E-state index in [0.717, 1.165) is 5.56 Å². The Balaban J connectivity index is 1.55. The van der Waals surface area contributed by atoms with Crippen LogP contribution in [0.2, 0.25) is 0 Å². The van der Waals surface area contributed by atoms with Gasteiger partial charge in [-0.1, -0.05) is 43.3 Å². The predicted octanol–water partition coefficient (Wildman–Crippen LogP) is 3.85. The molecule has 1 aromatic carbocycles. The first-order valence-corrected chi connectivity index (χ1v) is 9.86. The van der Waals surface area contributed by atoms with Gasteiger partial charge in [0.2, 0.25) is 23.5 Å². The number of rotatable bonds is 10. The number of nitrogens with zero attached hydrogens (tertiary/aromatic N) is 3. The van der Waals surface area contributed by atoms with E-state index in [1.807, 2.05) is 12.1 Å². The quantitative estimate of drug-likeness (QED) is 0.507. The Morgan fingerprint density at radius 3 is 2.70 bits per heavy atom. The number of benzene rings is 1. The molecule has 8 nitrogen and oxygen atoms in total.